The van der Waals surface area contributed by atoms with Crippen LogP contribution in [-0.4, -0.2) is 59.2 Å². The molecule has 12 heteroatoms. The molecule has 0 saturated carbocycles. The highest BCUT2D eigenvalue weighted by atomic mass is 19.4. The molecule has 0 unspecified atom stereocenters. The number of pyridine rings is 1. The van der Waals surface area contributed by atoms with Crippen molar-refractivity contribution in [2.24, 2.45) is 0 Å². The van der Waals surface area contributed by atoms with Gasteiger partial charge in [-0.25, -0.2) is 13.8 Å². The number of hydrogen-bond donors (Lipinski definition) is 0. The molecule has 3 heterocycles. The molecule has 7 nitrogen and oxygen atoms in total. The zero-order valence-electron chi connectivity index (χ0n) is 20.3. The fourth-order valence-electron chi connectivity index (χ4n) is 3.76. The van der Waals surface area contributed by atoms with E-state index in [4.69, 9.17) is 0 Å². The molecule has 2 aromatic heterocycles. The van der Waals surface area contributed by atoms with Crippen molar-refractivity contribution in [3.05, 3.63) is 60.1 Å². The van der Waals surface area contributed by atoms with Crippen molar-refractivity contribution < 1.29 is 22.0 Å². The quantitative estimate of drug-likeness (QED) is 0.358. The molecule has 0 radical (unpaired) electrons. The first kappa shape index (κ1) is 27.0. The zero-order chi connectivity index (χ0) is 26.3. The predicted molar refractivity (Wildman–Crippen MR) is 130 cm³/mol. The molecule has 0 N–H and O–H groups in total. The normalized spacial score (nSPS) is 15.7. The summed E-state index contributed by atoms with van der Waals surface area (Å²) in [6, 6.07) is 2.27. The summed E-state index contributed by atoms with van der Waals surface area (Å²) in [5.74, 6) is -0.772. The summed E-state index contributed by atoms with van der Waals surface area (Å²) < 4.78 is 67.9. The molecule has 2 aromatic rings. The molecular formula is C24H28F5N7. The lowest BCUT2D eigenvalue weighted by Gasteiger charge is -2.36. The monoisotopic (exact) mass is 509 g/mol. The Morgan fingerprint density at radius 3 is 2.31 bits per heavy atom. The van der Waals surface area contributed by atoms with Crippen molar-refractivity contribution in [2.45, 2.75) is 26.9 Å². The molecule has 0 aromatic carbocycles. The first-order chi connectivity index (χ1) is 17.2. The van der Waals surface area contributed by atoms with Gasteiger partial charge in [-0.05, 0) is 39.0 Å². The zero-order valence-corrected chi connectivity index (χ0v) is 20.3. The van der Waals surface area contributed by atoms with Gasteiger partial charge in [0.25, 0.3) is 0 Å². The van der Waals surface area contributed by atoms with Gasteiger partial charge in [-0.3, -0.25) is 0 Å². The third-order valence-electron chi connectivity index (χ3n) is 5.66. The maximum Gasteiger partial charge on any atom is 0.419 e. The summed E-state index contributed by atoms with van der Waals surface area (Å²) >= 11 is 0. The van der Waals surface area contributed by atoms with Gasteiger partial charge in [-0.2, -0.15) is 28.1 Å². The van der Waals surface area contributed by atoms with E-state index in [1.54, 1.807) is 28.9 Å². The molecule has 0 atom stereocenters. The summed E-state index contributed by atoms with van der Waals surface area (Å²) in [6.45, 7) is 7.77. The molecule has 1 saturated heterocycles. The van der Waals surface area contributed by atoms with Crippen LogP contribution in [0.5, 0.6) is 0 Å². The minimum atomic E-state index is -4.52. The van der Waals surface area contributed by atoms with Crippen molar-refractivity contribution in [3.63, 3.8) is 0 Å². The Balaban J connectivity index is 1.95. The number of halogens is 5. The highest BCUT2D eigenvalue weighted by Gasteiger charge is 2.36. The standard InChI is InChI=1S/C24H28F5N7/c1-4-7-9-17(19(26)16-25)20-31-22(34(5-2)6-3)33-23(32-20)36-14-12-35(13-15-36)21-18(24(27,28)29)10-8-11-30-21/h4,7-11,16H,5-6,12-15H2,1-3H3/b7-4-,17-9+,19-16-. The van der Waals surface area contributed by atoms with Gasteiger partial charge in [-0.1, -0.05) is 12.2 Å². The van der Waals surface area contributed by atoms with Gasteiger partial charge in [0, 0.05) is 45.5 Å². The predicted octanol–water partition coefficient (Wildman–Crippen LogP) is 5.20. The summed E-state index contributed by atoms with van der Waals surface area (Å²) in [6.07, 6.45) is 1.23. The number of alkyl halides is 3. The number of anilines is 3. The smallest absolute Gasteiger partial charge is 0.353 e. The highest BCUT2D eigenvalue weighted by molar-refractivity contribution is 5.75. The number of rotatable bonds is 8. The van der Waals surface area contributed by atoms with E-state index < -0.39 is 17.6 Å². The lowest BCUT2D eigenvalue weighted by molar-refractivity contribution is -0.137. The summed E-state index contributed by atoms with van der Waals surface area (Å²) in [7, 11) is 0. The molecule has 1 aliphatic heterocycles. The van der Waals surface area contributed by atoms with E-state index in [1.807, 2.05) is 18.7 Å². The van der Waals surface area contributed by atoms with Crippen LogP contribution in [0.1, 0.15) is 32.2 Å². The number of piperazine rings is 1. The average molecular weight is 510 g/mol. The fourth-order valence-corrected chi connectivity index (χ4v) is 3.76. The third kappa shape index (κ3) is 6.16. The Kier molecular flexibility index (Phi) is 8.94. The van der Waals surface area contributed by atoms with E-state index in [0.29, 0.717) is 32.1 Å². The number of allylic oxidation sites excluding steroid dienone is 5. The Labute approximate surface area is 206 Å². The maximum atomic E-state index is 14.4. The Morgan fingerprint density at radius 1 is 1.06 bits per heavy atom. The topological polar surface area (TPSA) is 61.3 Å². The molecule has 0 amide bonds. The Morgan fingerprint density at radius 2 is 1.72 bits per heavy atom. The molecule has 194 valence electrons. The Bertz CT molecular complexity index is 1120. The van der Waals surface area contributed by atoms with Gasteiger partial charge in [0.05, 0.1) is 11.1 Å². The number of nitrogens with zero attached hydrogens (tertiary/aromatic N) is 7. The molecule has 0 spiro atoms. The molecule has 1 aliphatic rings. The highest BCUT2D eigenvalue weighted by Crippen LogP contribution is 2.35. The lowest BCUT2D eigenvalue weighted by Crippen LogP contribution is -2.48. The molecule has 0 aliphatic carbocycles. The van der Waals surface area contributed by atoms with Crippen LogP contribution in [0, 0.1) is 0 Å². The second-order valence-corrected chi connectivity index (χ2v) is 7.84. The maximum absolute atomic E-state index is 14.4. The van der Waals surface area contributed by atoms with Crippen molar-refractivity contribution in [2.75, 3.05) is 54.0 Å². The SMILES string of the molecule is C\C=C/C=C(\C(F)=C\F)c1nc(N(CC)CC)nc(N2CCN(c3ncccc3C(F)(F)F)CC2)n1. The van der Waals surface area contributed by atoms with Gasteiger partial charge in [-0.15, -0.1) is 0 Å². The van der Waals surface area contributed by atoms with Gasteiger partial charge in [0.15, 0.2) is 11.7 Å². The molecule has 1 fully saturated rings. The van der Waals surface area contributed by atoms with Crippen LogP contribution in [0.15, 0.2) is 48.7 Å². The van der Waals surface area contributed by atoms with Crippen molar-refractivity contribution in [1.29, 1.82) is 0 Å². The lowest BCUT2D eigenvalue weighted by atomic mass is 10.2. The molecular weight excluding hydrogens is 481 g/mol. The molecule has 3 rings (SSSR count). The first-order valence-electron chi connectivity index (χ1n) is 11.6. The van der Waals surface area contributed by atoms with E-state index in [9.17, 15) is 22.0 Å². The van der Waals surface area contributed by atoms with Crippen LogP contribution in [0.25, 0.3) is 5.57 Å². The first-order valence-corrected chi connectivity index (χ1v) is 11.6. The van der Waals surface area contributed by atoms with Crippen LogP contribution < -0.4 is 14.7 Å². The van der Waals surface area contributed by atoms with Crippen LogP contribution in [0.3, 0.4) is 0 Å². The van der Waals surface area contributed by atoms with Crippen LogP contribution in [-0.2, 0) is 6.18 Å². The Hall–Kier alpha value is -3.57. The summed E-state index contributed by atoms with van der Waals surface area (Å²) in [5, 5.41) is 0. The van der Waals surface area contributed by atoms with Crippen molar-refractivity contribution in [1.82, 2.24) is 19.9 Å². The number of aromatic nitrogens is 4. The second kappa shape index (κ2) is 11.9. The van der Waals surface area contributed by atoms with Crippen molar-refractivity contribution >= 4 is 23.3 Å². The fraction of sp³-hybridized carbons (Fsp3) is 0.417. The minimum Gasteiger partial charge on any atom is -0.353 e. The van der Waals surface area contributed by atoms with Crippen LogP contribution >= 0.6 is 0 Å². The van der Waals surface area contributed by atoms with Gasteiger partial charge in [0.2, 0.25) is 11.9 Å². The van der Waals surface area contributed by atoms with Gasteiger partial charge < -0.3 is 14.7 Å². The minimum absolute atomic E-state index is 0.0436. The van der Waals surface area contributed by atoms with Gasteiger partial charge >= 0.3 is 6.18 Å². The van der Waals surface area contributed by atoms with E-state index in [-0.39, 0.29) is 42.6 Å². The second-order valence-electron chi connectivity index (χ2n) is 7.84. The third-order valence-corrected chi connectivity index (χ3v) is 5.66. The van der Waals surface area contributed by atoms with Crippen molar-refractivity contribution in [3.8, 4) is 0 Å². The number of hydrogen-bond acceptors (Lipinski definition) is 7. The van der Waals surface area contributed by atoms with Crippen LogP contribution in [0.2, 0.25) is 0 Å². The molecule has 0 bridgehead atoms. The van der Waals surface area contributed by atoms with E-state index in [1.165, 1.54) is 18.3 Å². The van der Waals surface area contributed by atoms with E-state index in [0.717, 1.165) is 6.07 Å². The van der Waals surface area contributed by atoms with Gasteiger partial charge in [0.1, 0.15) is 12.1 Å². The van der Waals surface area contributed by atoms with E-state index in [2.05, 4.69) is 19.9 Å². The molecule has 36 heavy (non-hydrogen) atoms. The summed E-state index contributed by atoms with van der Waals surface area (Å²) in [4.78, 5) is 22.5. The largest absolute Gasteiger partial charge is 0.419 e. The summed E-state index contributed by atoms with van der Waals surface area (Å²) in [5.41, 5.74) is -0.938. The average Bonchev–Trinajstić information content (AvgIpc) is 2.89. The van der Waals surface area contributed by atoms with Crippen LogP contribution in [0.4, 0.5) is 39.7 Å². The van der Waals surface area contributed by atoms with E-state index >= 15 is 0 Å².